The maximum Gasteiger partial charge on any atom is 0.243 e. The summed E-state index contributed by atoms with van der Waals surface area (Å²) in [4.78, 5) is 20.7. The van der Waals surface area contributed by atoms with Crippen molar-refractivity contribution < 1.29 is 4.79 Å². The number of hydrogen-bond acceptors (Lipinski definition) is 3. The molecule has 1 aromatic rings. The lowest BCUT2D eigenvalue weighted by Crippen LogP contribution is -2.49. The monoisotopic (exact) mass is 387 g/mol. The standard InChI is InChI=1S/C22H37N5O/c1-5-6-14-27-15-12-20(13-16-27)25-22(23-17-21(28)26(3)4)24-18(2)19-10-8-7-9-11-19/h7-11,18,20H,5-6,12-17H2,1-4H3,(H2,23,24,25). The second-order valence-electron chi connectivity index (χ2n) is 7.84. The first kappa shape index (κ1) is 22.2. The zero-order valence-electron chi connectivity index (χ0n) is 17.9. The SMILES string of the molecule is CCCCN1CCC(NC(=NCC(=O)N(C)C)NC(C)c2ccccc2)CC1. The molecule has 6 nitrogen and oxygen atoms in total. The van der Waals surface area contributed by atoms with Gasteiger partial charge in [-0.3, -0.25) is 4.79 Å². The van der Waals surface area contributed by atoms with Gasteiger partial charge in [-0.15, -0.1) is 0 Å². The van der Waals surface area contributed by atoms with Gasteiger partial charge in [0.1, 0.15) is 6.54 Å². The molecule has 0 bridgehead atoms. The van der Waals surface area contributed by atoms with Crippen molar-refractivity contribution >= 4 is 11.9 Å². The third-order valence-corrected chi connectivity index (χ3v) is 5.28. The predicted molar refractivity (Wildman–Crippen MR) is 116 cm³/mol. The van der Waals surface area contributed by atoms with Crippen molar-refractivity contribution in [2.45, 2.75) is 51.6 Å². The summed E-state index contributed by atoms with van der Waals surface area (Å²) in [7, 11) is 3.52. The molecule has 0 aromatic heterocycles. The van der Waals surface area contributed by atoms with Crippen LogP contribution < -0.4 is 10.6 Å². The third kappa shape index (κ3) is 7.50. The van der Waals surface area contributed by atoms with Crippen LogP contribution >= 0.6 is 0 Å². The van der Waals surface area contributed by atoms with Gasteiger partial charge in [-0.2, -0.15) is 0 Å². The van der Waals surface area contributed by atoms with E-state index in [-0.39, 0.29) is 18.5 Å². The van der Waals surface area contributed by atoms with Crippen molar-refractivity contribution in [1.82, 2.24) is 20.4 Å². The fraction of sp³-hybridized carbons (Fsp3) is 0.636. The Labute approximate surface area is 170 Å². The molecule has 2 rings (SSSR count). The van der Waals surface area contributed by atoms with Crippen LogP contribution in [0.3, 0.4) is 0 Å². The summed E-state index contributed by atoms with van der Waals surface area (Å²) in [5.41, 5.74) is 1.20. The van der Waals surface area contributed by atoms with E-state index >= 15 is 0 Å². The molecule has 1 heterocycles. The molecule has 6 heteroatoms. The molecule has 2 N–H and O–H groups in total. The number of likely N-dealkylation sites (N-methyl/N-ethyl adjacent to an activating group) is 1. The van der Waals surface area contributed by atoms with Gasteiger partial charge in [0.2, 0.25) is 5.91 Å². The van der Waals surface area contributed by atoms with Crippen molar-refractivity contribution in [2.75, 3.05) is 40.3 Å². The minimum Gasteiger partial charge on any atom is -0.354 e. The summed E-state index contributed by atoms with van der Waals surface area (Å²) in [6, 6.07) is 10.8. The van der Waals surface area contributed by atoms with Crippen LogP contribution in [0, 0.1) is 0 Å². The summed E-state index contributed by atoms with van der Waals surface area (Å²) < 4.78 is 0. The Balaban J connectivity index is 1.96. The Morgan fingerprint density at radius 2 is 1.93 bits per heavy atom. The fourth-order valence-electron chi connectivity index (χ4n) is 3.33. The number of nitrogens with one attached hydrogen (secondary N) is 2. The second kappa shape index (κ2) is 11.7. The molecule has 1 aromatic carbocycles. The molecule has 1 unspecified atom stereocenters. The molecule has 1 fully saturated rings. The number of rotatable bonds is 8. The van der Waals surface area contributed by atoms with Gasteiger partial charge in [0.25, 0.3) is 0 Å². The van der Waals surface area contributed by atoms with E-state index in [1.54, 1.807) is 19.0 Å². The number of nitrogens with zero attached hydrogens (tertiary/aromatic N) is 3. The van der Waals surface area contributed by atoms with Gasteiger partial charge in [0, 0.05) is 33.2 Å². The number of likely N-dealkylation sites (tertiary alicyclic amines) is 1. The van der Waals surface area contributed by atoms with Crippen molar-refractivity contribution in [3.8, 4) is 0 Å². The Morgan fingerprint density at radius 3 is 2.54 bits per heavy atom. The highest BCUT2D eigenvalue weighted by atomic mass is 16.2. The molecule has 1 amide bonds. The molecule has 0 spiro atoms. The number of guanidine groups is 1. The topological polar surface area (TPSA) is 60.0 Å². The molecule has 1 atom stereocenters. The summed E-state index contributed by atoms with van der Waals surface area (Å²) in [5.74, 6) is 0.724. The first-order valence-electron chi connectivity index (χ1n) is 10.5. The summed E-state index contributed by atoms with van der Waals surface area (Å²) in [6.45, 7) is 7.95. The van der Waals surface area contributed by atoms with Gasteiger partial charge in [0.05, 0.1) is 6.04 Å². The van der Waals surface area contributed by atoms with E-state index < -0.39 is 0 Å². The van der Waals surface area contributed by atoms with Crippen LogP contribution in [0.2, 0.25) is 0 Å². The quantitative estimate of drug-likeness (QED) is 0.532. The minimum absolute atomic E-state index is 0.00264. The fourth-order valence-corrected chi connectivity index (χ4v) is 3.33. The van der Waals surface area contributed by atoms with Crippen LogP contribution in [-0.4, -0.2) is 68.0 Å². The molecule has 1 aliphatic rings. The summed E-state index contributed by atoms with van der Waals surface area (Å²) in [6.07, 6.45) is 4.72. The van der Waals surface area contributed by atoms with Crippen LogP contribution in [0.5, 0.6) is 0 Å². The second-order valence-corrected chi connectivity index (χ2v) is 7.84. The number of piperidine rings is 1. The zero-order chi connectivity index (χ0) is 20.4. The van der Waals surface area contributed by atoms with E-state index in [0.29, 0.717) is 6.04 Å². The summed E-state index contributed by atoms with van der Waals surface area (Å²) >= 11 is 0. The first-order valence-corrected chi connectivity index (χ1v) is 10.5. The number of hydrogen-bond donors (Lipinski definition) is 2. The zero-order valence-corrected chi connectivity index (χ0v) is 17.9. The Kier molecular flexibility index (Phi) is 9.28. The molecule has 0 aliphatic carbocycles. The van der Waals surface area contributed by atoms with Gasteiger partial charge < -0.3 is 20.4 Å². The number of unbranched alkanes of at least 4 members (excludes halogenated alkanes) is 1. The first-order chi connectivity index (χ1) is 13.5. The molecule has 28 heavy (non-hydrogen) atoms. The number of benzene rings is 1. The third-order valence-electron chi connectivity index (χ3n) is 5.28. The largest absolute Gasteiger partial charge is 0.354 e. The van der Waals surface area contributed by atoms with Crippen LogP contribution in [0.15, 0.2) is 35.3 Å². The minimum atomic E-state index is 0.00264. The van der Waals surface area contributed by atoms with E-state index in [9.17, 15) is 4.79 Å². The van der Waals surface area contributed by atoms with Crippen molar-refractivity contribution in [1.29, 1.82) is 0 Å². The maximum atomic E-state index is 12.0. The highest BCUT2D eigenvalue weighted by molar-refractivity contribution is 5.85. The number of aliphatic imine (C=N–C) groups is 1. The lowest BCUT2D eigenvalue weighted by atomic mass is 10.0. The molecule has 1 aliphatic heterocycles. The Morgan fingerprint density at radius 1 is 1.25 bits per heavy atom. The normalized spacial score (nSPS) is 17.2. The lowest BCUT2D eigenvalue weighted by molar-refractivity contribution is -0.127. The number of amides is 1. The number of carbonyl (C=O) groups excluding carboxylic acids is 1. The van der Waals surface area contributed by atoms with Gasteiger partial charge in [0.15, 0.2) is 5.96 Å². The van der Waals surface area contributed by atoms with Gasteiger partial charge in [-0.1, -0.05) is 43.7 Å². The van der Waals surface area contributed by atoms with Crippen molar-refractivity contribution in [2.24, 2.45) is 4.99 Å². The van der Waals surface area contributed by atoms with Gasteiger partial charge in [-0.25, -0.2) is 4.99 Å². The molecule has 1 saturated heterocycles. The van der Waals surface area contributed by atoms with Crippen LogP contribution in [-0.2, 0) is 4.79 Å². The number of carbonyl (C=O) groups is 1. The van der Waals surface area contributed by atoms with Crippen LogP contribution in [0.1, 0.15) is 51.1 Å². The van der Waals surface area contributed by atoms with Gasteiger partial charge >= 0.3 is 0 Å². The van der Waals surface area contributed by atoms with Crippen molar-refractivity contribution in [3.63, 3.8) is 0 Å². The molecule has 0 saturated carbocycles. The molecular formula is C22H37N5O. The van der Waals surface area contributed by atoms with E-state index in [1.165, 1.54) is 24.9 Å². The highest BCUT2D eigenvalue weighted by Gasteiger charge is 2.20. The van der Waals surface area contributed by atoms with Gasteiger partial charge in [-0.05, 0) is 38.3 Å². The summed E-state index contributed by atoms with van der Waals surface area (Å²) in [5, 5.41) is 7.04. The van der Waals surface area contributed by atoms with E-state index in [2.05, 4.69) is 46.5 Å². The average molecular weight is 388 g/mol. The predicted octanol–water partition coefficient (Wildman–Crippen LogP) is 2.64. The smallest absolute Gasteiger partial charge is 0.243 e. The van der Waals surface area contributed by atoms with E-state index in [1.807, 2.05) is 18.2 Å². The molecular weight excluding hydrogens is 350 g/mol. The van der Waals surface area contributed by atoms with Crippen LogP contribution in [0.25, 0.3) is 0 Å². The molecule has 0 radical (unpaired) electrons. The van der Waals surface area contributed by atoms with Crippen LogP contribution in [0.4, 0.5) is 0 Å². The molecule has 156 valence electrons. The highest BCUT2D eigenvalue weighted by Crippen LogP contribution is 2.13. The van der Waals surface area contributed by atoms with E-state index in [4.69, 9.17) is 0 Å². The lowest BCUT2D eigenvalue weighted by Gasteiger charge is -2.33. The maximum absolute atomic E-state index is 12.0. The Bertz CT molecular complexity index is 609. The Hall–Kier alpha value is -2.08. The van der Waals surface area contributed by atoms with E-state index in [0.717, 1.165) is 31.9 Å². The average Bonchev–Trinajstić information content (AvgIpc) is 2.71. The van der Waals surface area contributed by atoms with Crippen molar-refractivity contribution in [3.05, 3.63) is 35.9 Å².